The van der Waals surface area contributed by atoms with Crippen molar-refractivity contribution in [2.75, 3.05) is 32.1 Å². The second kappa shape index (κ2) is 4.91. The van der Waals surface area contributed by atoms with Gasteiger partial charge in [-0.15, -0.1) is 0 Å². The third-order valence-electron chi connectivity index (χ3n) is 3.36. The van der Waals surface area contributed by atoms with Crippen LogP contribution in [-0.4, -0.2) is 55.9 Å². The first-order valence-electron chi connectivity index (χ1n) is 5.77. The summed E-state index contributed by atoms with van der Waals surface area (Å²) in [5, 5.41) is 8.84. The first-order chi connectivity index (χ1) is 7.99. The fourth-order valence-corrected chi connectivity index (χ4v) is 4.16. The van der Waals surface area contributed by atoms with Gasteiger partial charge in [-0.2, -0.15) is 0 Å². The molecule has 1 N–H and O–H groups in total. The lowest BCUT2D eigenvalue weighted by Crippen LogP contribution is -2.34. The molecule has 7 heteroatoms. The minimum absolute atomic E-state index is 0.0591. The smallest absolute Gasteiger partial charge is 0.307 e. The molecule has 2 rings (SSSR count). The predicted molar refractivity (Wildman–Crippen MR) is 60.0 cm³/mol. The zero-order valence-electron chi connectivity index (χ0n) is 9.54. The Morgan fingerprint density at radius 1 is 1.41 bits per heavy atom. The van der Waals surface area contributed by atoms with Gasteiger partial charge in [0.2, 0.25) is 10.0 Å². The molecule has 0 amide bonds. The molecule has 2 saturated heterocycles. The molecule has 2 atom stereocenters. The Bertz CT molecular complexity index is 388. The molecule has 2 aliphatic rings. The summed E-state index contributed by atoms with van der Waals surface area (Å²) in [7, 11) is -3.32. The number of hydrogen-bond donors (Lipinski definition) is 1. The van der Waals surface area contributed by atoms with Crippen LogP contribution in [0.3, 0.4) is 0 Å². The van der Waals surface area contributed by atoms with Gasteiger partial charge < -0.3 is 9.84 Å². The lowest BCUT2D eigenvalue weighted by Gasteiger charge is -2.17. The van der Waals surface area contributed by atoms with Gasteiger partial charge in [-0.05, 0) is 18.8 Å². The lowest BCUT2D eigenvalue weighted by atomic mass is 10.1. The summed E-state index contributed by atoms with van der Waals surface area (Å²) in [5.74, 6) is -1.32. The van der Waals surface area contributed by atoms with Crippen molar-refractivity contribution in [1.29, 1.82) is 0 Å². The van der Waals surface area contributed by atoms with E-state index in [1.165, 1.54) is 4.31 Å². The summed E-state index contributed by atoms with van der Waals surface area (Å²) < 4.78 is 30.5. The molecule has 2 unspecified atom stereocenters. The zero-order chi connectivity index (χ0) is 12.5. The maximum atomic E-state index is 12.0. The molecule has 0 aromatic carbocycles. The molecule has 0 radical (unpaired) electrons. The molecule has 0 saturated carbocycles. The van der Waals surface area contributed by atoms with Crippen LogP contribution in [-0.2, 0) is 19.6 Å². The Balaban J connectivity index is 1.94. The largest absolute Gasteiger partial charge is 0.481 e. The van der Waals surface area contributed by atoms with E-state index < -0.39 is 21.9 Å². The van der Waals surface area contributed by atoms with E-state index in [1.54, 1.807) is 0 Å². The number of sulfonamides is 1. The molecule has 2 aliphatic heterocycles. The lowest BCUT2D eigenvalue weighted by molar-refractivity contribution is -0.141. The third kappa shape index (κ3) is 2.97. The Labute approximate surface area is 101 Å². The topological polar surface area (TPSA) is 83.9 Å². The van der Waals surface area contributed by atoms with Crippen molar-refractivity contribution in [3.8, 4) is 0 Å². The zero-order valence-corrected chi connectivity index (χ0v) is 10.4. The molecule has 2 heterocycles. The van der Waals surface area contributed by atoms with Gasteiger partial charge in [0.1, 0.15) is 0 Å². The van der Waals surface area contributed by atoms with Crippen LogP contribution in [0.2, 0.25) is 0 Å². The highest BCUT2D eigenvalue weighted by molar-refractivity contribution is 7.89. The van der Waals surface area contributed by atoms with Crippen LogP contribution in [0.25, 0.3) is 0 Å². The van der Waals surface area contributed by atoms with E-state index in [-0.39, 0.29) is 18.2 Å². The van der Waals surface area contributed by atoms with Crippen molar-refractivity contribution >= 4 is 16.0 Å². The molecule has 2 fully saturated rings. The molecule has 6 nitrogen and oxygen atoms in total. The van der Waals surface area contributed by atoms with Gasteiger partial charge in [-0.3, -0.25) is 4.79 Å². The Kier molecular flexibility index (Phi) is 3.70. The van der Waals surface area contributed by atoms with Gasteiger partial charge in [0, 0.05) is 19.7 Å². The standard InChI is InChI=1S/C10H17NO5S/c12-10(13)9-1-3-11(5-9)17(14,15)7-8-2-4-16-6-8/h8-9H,1-7H2,(H,12,13). The van der Waals surface area contributed by atoms with Crippen LogP contribution in [0.1, 0.15) is 12.8 Å². The summed E-state index contributed by atoms with van der Waals surface area (Å²) >= 11 is 0. The normalized spacial score (nSPS) is 30.8. The van der Waals surface area contributed by atoms with Crippen LogP contribution in [0.15, 0.2) is 0 Å². The van der Waals surface area contributed by atoms with Crippen molar-refractivity contribution in [3.05, 3.63) is 0 Å². The minimum atomic E-state index is -3.32. The van der Waals surface area contributed by atoms with Gasteiger partial charge in [0.05, 0.1) is 18.3 Å². The van der Waals surface area contributed by atoms with Gasteiger partial charge >= 0.3 is 5.97 Å². The number of nitrogens with zero attached hydrogens (tertiary/aromatic N) is 1. The number of carboxylic acid groups (broad SMARTS) is 1. The van der Waals surface area contributed by atoms with Gasteiger partial charge in [0.25, 0.3) is 0 Å². The number of aliphatic carboxylic acids is 1. The molecule has 0 aromatic rings. The highest BCUT2D eigenvalue weighted by Crippen LogP contribution is 2.23. The summed E-state index contributed by atoms with van der Waals surface area (Å²) in [5.41, 5.74) is 0. The van der Waals surface area contributed by atoms with Gasteiger partial charge in [-0.1, -0.05) is 0 Å². The van der Waals surface area contributed by atoms with Crippen LogP contribution in [0.4, 0.5) is 0 Å². The molecular formula is C10H17NO5S. The molecule has 0 bridgehead atoms. The van der Waals surface area contributed by atoms with Crippen molar-refractivity contribution in [1.82, 2.24) is 4.31 Å². The average molecular weight is 263 g/mol. The van der Waals surface area contributed by atoms with Crippen molar-refractivity contribution in [3.63, 3.8) is 0 Å². The third-order valence-corrected chi connectivity index (χ3v) is 5.38. The van der Waals surface area contributed by atoms with Gasteiger partial charge in [0.15, 0.2) is 0 Å². The summed E-state index contributed by atoms with van der Waals surface area (Å²) in [6.45, 7) is 1.56. The number of hydrogen-bond acceptors (Lipinski definition) is 4. The number of carbonyl (C=O) groups is 1. The quantitative estimate of drug-likeness (QED) is 0.756. The van der Waals surface area contributed by atoms with E-state index in [4.69, 9.17) is 9.84 Å². The van der Waals surface area contributed by atoms with Crippen LogP contribution >= 0.6 is 0 Å². The van der Waals surface area contributed by atoms with E-state index in [2.05, 4.69) is 0 Å². The number of carboxylic acids is 1. The van der Waals surface area contributed by atoms with Crippen molar-refractivity contribution in [2.24, 2.45) is 11.8 Å². The molecule has 0 spiro atoms. The first-order valence-corrected chi connectivity index (χ1v) is 7.38. The Morgan fingerprint density at radius 2 is 2.18 bits per heavy atom. The fourth-order valence-electron chi connectivity index (χ4n) is 2.30. The average Bonchev–Trinajstić information content (AvgIpc) is 2.84. The van der Waals surface area contributed by atoms with Crippen LogP contribution in [0.5, 0.6) is 0 Å². The molecule has 0 aromatic heterocycles. The number of rotatable bonds is 4. The predicted octanol–water partition coefficient (Wildman–Crippen LogP) is -0.241. The van der Waals surface area contributed by atoms with E-state index in [0.717, 1.165) is 6.42 Å². The van der Waals surface area contributed by atoms with Gasteiger partial charge in [-0.25, -0.2) is 12.7 Å². The second-order valence-electron chi connectivity index (χ2n) is 4.69. The van der Waals surface area contributed by atoms with E-state index in [1.807, 2.05) is 0 Å². The number of ether oxygens (including phenoxy) is 1. The monoisotopic (exact) mass is 263 g/mol. The molecule has 17 heavy (non-hydrogen) atoms. The molecule has 98 valence electrons. The fraction of sp³-hybridized carbons (Fsp3) is 0.900. The van der Waals surface area contributed by atoms with Crippen LogP contribution < -0.4 is 0 Å². The maximum absolute atomic E-state index is 12.0. The highest BCUT2D eigenvalue weighted by atomic mass is 32.2. The van der Waals surface area contributed by atoms with E-state index in [9.17, 15) is 13.2 Å². The Morgan fingerprint density at radius 3 is 2.71 bits per heavy atom. The van der Waals surface area contributed by atoms with Crippen molar-refractivity contribution in [2.45, 2.75) is 12.8 Å². The summed E-state index contributed by atoms with van der Waals surface area (Å²) in [6, 6.07) is 0. The van der Waals surface area contributed by atoms with E-state index >= 15 is 0 Å². The molecule has 0 aliphatic carbocycles. The second-order valence-corrected chi connectivity index (χ2v) is 6.70. The van der Waals surface area contributed by atoms with Crippen molar-refractivity contribution < 1.29 is 23.1 Å². The van der Waals surface area contributed by atoms with Crippen LogP contribution in [0, 0.1) is 11.8 Å². The maximum Gasteiger partial charge on any atom is 0.307 e. The van der Waals surface area contributed by atoms with E-state index in [0.29, 0.717) is 26.2 Å². The summed E-state index contributed by atoms with van der Waals surface area (Å²) in [4.78, 5) is 10.8. The Hall–Kier alpha value is -0.660. The highest BCUT2D eigenvalue weighted by Gasteiger charge is 2.36. The molecular weight excluding hydrogens is 246 g/mol. The minimum Gasteiger partial charge on any atom is -0.481 e. The SMILES string of the molecule is O=C(O)C1CCN(S(=O)(=O)CC2CCOC2)C1. The first kappa shape index (κ1) is 12.8. The summed E-state index contributed by atoms with van der Waals surface area (Å²) in [6.07, 6.45) is 1.19.